The van der Waals surface area contributed by atoms with Crippen LogP contribution in [0.4, 0.5) is 0 Å². The lowest BCUT2D eigenvalue weighted by molar-refractivity contribution is 0.0919. The van der Waals surface area contributed by atoms with Gasteiger partial charge >= 0.3 is 0 Å². The van der Waals surface area contributed by atoms with Crippen LogP contribution in [0.25, 0.3) is 0 Å². The molecule has 0 spiro atoms. The SMILES string of the molecule is O=C(NC1CCOc2cccnc21)c1cscn1. The Kier molecular flexibility index (Phi) is 2.93. The maximum Gasteiger partial charge on any atom is 0.271 e. The van der Waals surface area contributed by atoms with Gasteiger partial charge in [-0.1, -0.05) is 0 Å². The van der Waals surface area contributed by atoms with E-state index in [4.69, 9.17) is 4.74 Å². The fourth-order valence-corrected chi connectivity index (χ4v) is 2.44. The van der Waals surface area contributed by atoms with Crippen LogP contribution < -0.4 is 10.1 Å². The Labute approximate surface area is 108 Å². The van der Waals surface area contributed by atoms with Gasteiger partial charge in [0, 0.05) is 18.0 Å². The van der Waals surface area contributed by atoms with Gasteiger partial charge < -0.3 is 10.1 Å². The third kappa shape index (κ3) is 2.06. The Hall–Kier alpha value is -1.95. The van der Waals surface area contributed by atoms with Crippen molar-refractivity contribution in [1.29, 1.82) is 0 Å². The van der Waals surface area contributed by atoms with E-state index in [0.29, 0.717) is 12.3 Å². The van der Waals surface area contributed by atoms with Gasteiger partial charge in [0.2, 0.25) is 0 Å². The standard InChI is InChI=1S/C12H11N3O2S/c16-12(9-6-18-7-14-9)15-8-3-5-17-10-2-1-4-13-11(8)10/h1-2,4,6-8H,3,5H2,(H,15,16). The smallest absolute Gasteiger partial charge is 0.271 e. The lowest BCUT2D eigenvalue weighted by Gasteiger charge is -2.25. The highest BCUT2D eigenvalue weighted by Gasteiger charge is 2.24. The van der Waals surface area contributed by atoms with E-state index in [-0.39, 0.29) is 11.9 Å². The lowest BCUT2D eigenvalue weighted by atomic mass is 10.1. The van der Waals surface area contributed by atoms with Gasteiger partial charge in [-0.15, -0.1) is 11.3 Å². The van der Waals surface area contributed by atoms with Crippen LogP contribution in [0.15, 0.2) is 29.2 Å². The number of aromatic nitrogens is 2. The highest BCUT2D eigenvalue weighted by atomic mass is 32.1. The zero-order valence-corrected chi connectivity index (χ0v) is 10.3. The molecule has 2 aromatic heterocycles. The third-order valence-electron chi connectivity index (χ3n) is 2.76. The molecule has 1 aliphatic rings. The molecule has 0 fully saturated rings. The van der Waals surface area contributed by atoms with Crippen molar-refractivity contribution in [3.63, 3.8) is 0 Å². The number of amides is 1. The molecule has 0 aromatic carbocycles. The summed E-state index contributed by atoms with van der Waals surface area (Å²) in [4.78, 5) is 20.2. The summed E-state index contributed by atoms with van der Waals surface area (Å²) in [6.07, 6.45) is 2.43. The van der Waals surface area contributed by atoms with Gasteiger partial charge in [-0.2, -0.15) is 0 Å². The zero-order valence-electron chi connectivity index (χ0n) is 9.50. The van der Waals surface area contributed by atoms with Crippen LogP contribution in [0.1, 0.15) is 28.6 Å². The van der Waals surface area contributed by atoms with E-state index < -0.39 is 0 Å². The van der Waals surface area contributed by atoms with Gasteiger partial charge in [0.1, 0.15) is 17.1 Å². The van der Waals surface area contributed by atoms with Gasteiger partial charge in [0.15, 0.2) is 0 Å². The largest absolute Gasteiger partial charge is 0.491 e. The van der Waals surface area contributed by atoms with Crippen molar-refractivity contribution in [2.45, 2.75) is 12.5 Å². The van der Waals surface area contributed by atoms with E-state index in [2.05, 4.69) is 15.3 Å². The summed E-state index contributed by atoms with van der Waals surface area (Å²) < 4.78 is 5.50. The van der Waals surface area contributed by atoms with Gasteiger partial charge in [0.25, 0.3) is 5.91 Å². The Morgan fingerprint density at radius 2 is 2.44 bits per heavy atom. The van der Waals surface area contributed by atoms with Crippen LogP contribution in [-0.4, -0.2) is 22.5 Å². The van der Waals surface area contributed by atoms with Gasteiger partial charge in [-0.3, -0.25) is 9.78 Å². The van der Waals surface area contributed by atoms with Crippen molar-refractivity contribution in [2.75, 3.05) is 6.61 Å². The minimum absolute atomic E-state index is 0.107. The van der Waals surface area contributed by atoms with E-state index in [1.165, 1.54) is 11.3 Å². The molecule has 0 saturated carbocycles. The Bertz CT molecular complexity index is 556. The molecule has 0 bridgehead atoms. The third-order valence-corrected chi connectivity index (χ3v) is 3.35. The van der Waals surface area contributed by atoms with Crippen molar-refractivity contribution in [3.8, 4) is 5.75 Å². The summed E-state index contributed by atoms with van der Waals surface area (Å²) in [5.41, 5.74) is 2.88. The molecule has 5 nitrogen and oxygen atoms in total. The molecule has 1 aliphatic heterocycles. The number of fused-ring (bicyclic) bond motifs is 1. The number of nitrogens with one attached hydrogen (secondary N) is 1. The highest BCUT2D eigenvalue weighted by Crippen LogP contribution is 2.29. The number of thiazole rings is 1. The average molecular weight is 261 g/mol. The number of carbonyl (C=O) groups is 1. The number of pyridine rings is 1. The summed E-state index contributed by atoms with van der Waals surface area (Å²) in [7, 11) is 0. The van der Waals surface area contributed by atoms with Crippen molar-refractivity contribution in [2.24, 2.45) is 0 Å². The number of hydrogen-bond donors (Lipinski definition) is 1. The first-order valence-corrected chi connectivity index (χ1v) is 6.55. The van der Waals surface area contributed by atoms with Crippen molar-refractivity contribution >= 4 is 17.2 Å². The maximum atomic E-state index is 11.9. The minimum Gasteiger partial charge on any atom is -0.491 e. The predicted octanol–water partition coefficient (Wildman–Crippen LogP) is 1.79. The Morgan fingerprint density at radius 1 is 1.50 bits per heavy atom. The summed E-state index contributed by atoms with van der Waals surface area (Å²) in [5, 5.41) is 4.67. The topological polar surface area (TPSA) is 64.1 Å². The molecule has 2 aromatic rings. The number of carbonyl (C=O) groups excluding carboxylic acids is 1. The molecule has 1 N–H and O–H groups in total. The van der Waals surface area contributed by atoms with E-state index in [1.54, 1.807) is 17.1 Å². The van der Waals surface area contributed by atoms with Crippen LogP contribution in [0.2, 0.25) is 0 Å². The Morgan fingerprint density at radius 3 is 3.28 bits per heavy atom. The molecule has 3 rings (SSSR count). The second-order valence-corrected chi connectivity index (χ2v) is 4.64. The van der Waals surface area contributed by atoms with Crippen LogP contribution in [-0.2, 0) is 0 Å². The molecule has 6 heteroatoms. The molecule has 0 radical (unpaired) electrons. The molecule has 1 unspecified atom stereocenters. The van der Waals surface area contributed by atoms with E-state index >= 15 is 0 Å². The second-order valence-electron chi connectivity index (χ2n) is 3.92. The normalized spacial score (nSPS) is 17.7. The van der Waals surface area contributed by atoms with Gasteiger partial charge in [0.05, 0.1) is 18.2 Å². The van der Waals surface area contributed by atoms with E-state index in [9.17, 15) is 4.79 Å². The monoisotopic (exact) mass is 261 g/mol. The number of ether oxygens (including phenoxy) is 1. The molecular weight excluding hydrogens is 250 g/mol. The lowest BCUT2D eigenvalue weighted by Crippen LogP contribution is -2.32. The summed E-state index contributed by atoms with van der Waals surface area (Å²) in [5.74, 6) is 0.576. The molecule has 0 aliphatic carbocycles. The first kappa shape index (κ1) is 11.2. The summed E-state index contributed by atoms with van der Waals surface area (Å²) in [6, 6.07) is 3.58. The number of nitrogens with zero attached hydrogens (tertiary/aromatic N) is 2. The summed E-state index contributed by atoms with van der Waals surface area (Å²) >= 11 is 1.40. The molecule has 1 amide bonds. The molecule has 1 atom stereocenters. The average Bonchev–Trinajstić information content (AvgIpc) is 2.93. The summed E-state index contributed by atoms with van der Waals surface area (Å²) in [6.45, 7) is 0.584. The highest BCUT2D eigenvalue weighted by molar-refractivity contribution is 7.07. The quantitative estimate of drug-likeness (QED) is 0.895. The Balaban J connectivity index is 1.80. The van der Waals surface area contributed by atoms with Crippen molar-refractivity contribution < 1.29 is 9.53 Å². The zero-order chi connectivity index (χ0) is 12.4. The van der Waals surface area contributed by atoms with E-state index in [0.717, 1.165) is 17.9 Å². The van der Waals surface area contributed by atoms with Crippen molar-refractivity contribution in [1.82, 2.24) is 15.3 Å². The van der Waals surface area contributed by atoms with Crippen LogP contribution in [0.5, 0.6) is 5.75 Å². The van der Waals surface area contributed by atoms with Gasteiger partial charge in [-0.05, 0) is 12.1 Å². The number of hydrogen-bond acceptors (Lipinski definition) is 5. The molecule has 0 saturated heterocycles. The second kappa shape index (κ2) is 4.73. The maximum absolute atomic E-state index is 11.9. The number of rotatable bonds is 2. The molecule has 3 heterocycles. The van der Waals surface area contributed by atoms with Crippen LogP contribution >= 0.6 is 11.3 Å². The van der Waals surface area contributed by atoms with Gasteiger partial charge in [-0.25, -0.2) is 4.98 Å². The minimum atomic E-state index is -0.167. The molecule has 18 heavy (non-hydrogen) atoms. The van der Waals surface area contributed by atoms with E-state index in [1.807, 2.05) is 12.1 Å². The van der Waals surface area contributed by atoms with Crippen LogP contribution in [0.3, 0.4) is 0 Å². The molecule has 92 valence electrons. The fourth-order valence-electron chi connectivity index (χ4n) is 1.91. The first-order chi connectivity index (χ1) is 8.84. The fraction of sp³-hybridized carbons (Fsp3) is 0.250. The van der Waals surface area contributed by atoms with Crippen LogP contribution in [0, 0.1) is 0 Å². The molecular formula is C12H11N3O2S. The predicted molar refractivity (Wildman–Crippen MR) is 66.7 cm³/mol. The van der Waals surface area contributed by atoms with Crippen molar-refractivity contribution in [3.05, 3.63) is 40.6 Å². The first-order valence-electron chi connectivity index (χ1n) is 5.61.